The lowest BCUT2D eigenvalue weighted by molar-refractivity contribution is -0.123. The summed E-state index contributed by atoms with van der Waals surface area (Å²) < 4.78 is 0. The molecule has 1 saturated heterocycles. The number of aromatic nitrogens is 2. The van der Waals surface area contributed by atoms with Gasteiger partial charge >= 0.3 is 0 Å². The Kier molecular flexibility index (Phi) is 4.82. The summed E-state index contributed by atoms with van der Waals surface area (Å²) in [4.78, 5) is 24.2. The summed E-state index contributed by atoms with van der Waals surface area (Å²) in [6, 6.07) is 10.9. The van der Waals surface area contributed by atoms with Crippen molar-refractivity contribution in [1.82, 2.24) is 14.9 Å². The van der Waals surface area contributed by atoms with Gasteiger partial charge in [0.2, 0.25) is 11.9 Å². The molecule has 0 spiro atoms. The molecule has 3 rings (SSSR count). The van der Waals surface area contributed by atoms with Gasteiger partial charge in [-0.25, -0.2) is 4.98 Å². The molecule has 7 nitrogen and oxygen atoms in total. The van der Waals surface area contributed by atoms with Crippen LogP contribution < -0.4 is 16.4 Å². The number of hydrogen-bond donors (Lipinski definition) is 2. The third kappa shape index (κ3) is 3.58. The summed E-state index contributed by atoms with van der Waals surface area (Å²) in [5.41, 5.74) is 12.2. The molecule has 1 amide bonds. The average molecular weight is 347 g/mol. The Morgan fingerprint density at radius 3 is 2.38 bits per heavy atom. The van der Waals surface area contributed by atoms with Gasteiger partial charge < -0.3 is 16.4 Å². The van der Waals surface area contributed by atoms with Crippen LogP contribution in [0, 0.1) is 0 Å². The van der Waals surface area contributed by atoms with Crippen molar-refractivity contribution >= 4 is 29.3 Å². The number of halogens is 1. The second kappa shape index (κ2) is 7.02. The number of piperazine rings is 1. The van der Waals surface area contributed by atoms with Crippen LogP contribution in [-0.4, -0.2) is 47.0 Å². The maximum Gasteiger partial charge on any atom is 0.239 e. The van der Waals surface area contributed by atoms with Gasteiger partial charge in [-0.2, -0.15) is 4.98 Å². The van der Waals surface area contributed by atoms with Crippen molar-refractivity contribution in [3.05, 3.63) is 47.1 Å². The highest BCUT2D eigenvalue weighted by atomic mass is 35.5. The number of carbonyl (C=O) groups excluding carboxylic acids is 1. The normalized spacial score (nSPS) is 16.8. The van der Waals surface area contributed by atoms with E-state index in [0.29, 0.717) is 37.1 Å². The highest BCUT2D eigenvalue weighted by Crippen LogP contribution is 2.24. The van der Waals surface area contributed by atoms with Gasteiger partial charge in [-0.1, -0.05) is 41.9 Å². The lowest BCUT2D eigenvalue weighted by Crippen LogP contribution is -2.50. The zero-order valence-corrected chi connectivity index (χ0v) is 13.9. The van der Waals surface area contributed by atoms with Crippen molar-refractivity contribution in [3.63, 3.8) is 0 Å². The molecule has 1 unspecified atom stereocenters. The van der Waals surface area contributed by atoms with E-state index in [1.807, 2.05) is 30.3 Å². The molecule has 8 heteroatoms. The first kappa shape index (κ1) is 16.5. The van der Waals surface area contributed by atoms with Crippen molar-refractivity contribution in [2.75, 3.05) is 36.8 Å². The standard InChI is InChI=1S/C16H19ClN6O/c17-12-10-13(21-16(19)20-12)22-6-8-23(9-7-22)14(15(18)24)11-4-2-1-3-5-11/h1-5,10,14H,6-9H2,(H2,18,24)(H2,19,20,21). The van der Waals surface area contributed by atoms with E-state index < -0.39 is 6.04 Å². The zero-order valence-electron chi connectivity index (χ0n) is 13.1. The molecule has 126 valence electrons. The van der Waals surface area contributed by atoms with Crippen LogP contribution >= 0.6 is 11.6 Å². The molecule has 1 aliphatic heterocycles. The van der Waals surface area contributed by atoms with Crippen molar-refractivity contribution in [2.45, 2.75) is 6.04 Å². The van der Waals surface area contributed by atoms with Gasteiger partial charge in [0.1, 0.15) is 17.0 Å². The van der Waals surface area contributed by atoms with Gasteiger partial charge in [0.25, 0.3) is 0 Å². The molecule has 1 fully saturated rings. The van der Waals surface area contributed by atoms with Crippen LogP contribution in [0.5, 0.6) is 0 Å². The Balaban J connectivity index is 1.72. The summed E-state index contributed by atoms with van der Waals surface area (Å²) in [6.45, 7) is 2.76. The molecule has 24 heavy (non-hydrogen) atoms. The number of benzene rings is 1. The molecule has 4 N–H and O–H groups in total. The minimum Gasteiger partial charge on any atom is -0.368 e. The van der Waals surface area contributed by atoms with Crippen LogP contribution in [0.15, 0.2) is 36.4 Å². The van der Waals surface area contributed by atoms with Gasteiger partial charge in [-0.15, -0.1) is 0 Å². The minimum atomic E-state index is -0.424. The summed E-state index contributed by atoms with van der Waals surface area (Å²) in [6.07, 6.45) is 0. The summed E-state index contributed by atoms with van der Waals surface area (Å²) in [7, 11) is 0. The molecule has 1 atom stereocenters. The second-order valence-corrected chi connectivity index (χ2v) is 6.03. The van der Waals surface area contributed by atoms with E-state index in [9.17, 15) is 4.79 Å². The highest BCUT2D eigenvalue weighted by molar-refractivity contribution is 6.29. The van der Waals surface area contributed by atoms with Gasteiger partial charge in [0.05, 0.1) is 0 Å². The molecule has 1 aromatic carbocycles. The van der Waals surface area contributed by atoms with Crippen LogP contribution in [0.2, 0.25) is 5.15 Å². The van der Waals surface area contributed by atoms with Crippen LogP contribution in [0.25, 0.3) is 0 Å². The third-order valence-electron chi connectivity index (χ3n) is 4.09. The van der Waals surface area contributed by atoms with Crippen LogP contribution in [0.3, 0.4) is 0 Å². The van der Waals surface area contributed by atoms with Crippen molar-refractivity contribution in [1.29, 1.82) is 0 Å². The molecular weight excluding hydrogens is 328 g/mol. The number of carbonyl (C=O) groups is 1. The molecule has 0 saturated carbocycles. The number of nitrogens with zero attached hydrogens (tertiary/aromatic N) is 4. The zero-order chi connectivity index (χ0) is 17.1. The third-order valence-corrected chi connectivity index (χ3v) is 4.28. The number of nitrogen functional groups attached to an aromatic ring is 1. The van der Waals surface area contributed by atoms with E-state index >= 15 is 0 Å². The molecule has 2 aromatic rings. The van der Waals surface area contributed by atoms with E-state index in [1.165, 1.54) is 0 Å². The van der Waals surface area contributed by atoms with E-state index in [4.69, 9.17) is 23.1 Å². The maximum atomic E-state index is 12.0. The Labute approximate surface area is 145 Å². The smallest absolute Gasteiger partial charge is 0.239 e. The maximum absolute atomic E-state index is 12.0. The van der Waals surface area contributed by atoms with Crippen LogP contribution in [-0.2, 0) is 4.79 Å². The van der Waals surface area contributed by atoms with E-state index in [2.05, 4.69) is 19.8 Å². The molecular formula is C16H19ClN6O. The fourth-order valence-electron chi connectivity index (χ4n) is 2.98. The van der Waals surface area contributed by atoms with E-state index in [1.54, 1.807) is 6.07 Å². The number of hydrogen-bond acceptors (Lipinski definition) is 6. The SMILES string of the molecule is NC(=O)C(c1ccccc1)N1CCN(c2cc(Cl)nc(N)n2)CC1. The van der Waals surface area contributed by atoms with E-state index in [0.717, 1.165) is 5.56 Å². The number of rotatable bonds is 4. The second-order valence-electron chi connectivity index (χ2n) is 5.65. The Bertz CT molecular complexity index is 698. The van der Waals surface area contributed by atoms with E-state index in [-0.39, 0.29) is 11.9 Å². The fourth-order valence-corrected chi connectivity index (χ4v) is 3.17. The summed E-state index contributed by atoms with van der Waals surface area (Å²) in [5, 5.41) is 0.319. The average Bonchev–Trinajstić information content (AvgIpc) is 2.55. The van der Waals surface area contributed by atoms with Crippen molar-refractivity contribution < 1.29 is 4.79 Å². The molecule has 0 bridgehead atoms. The predicted molar refractivity (Wildman–Crippen MR) is 93.6 cm³/mol. The van der Waals surface area contributed by atoms with Gasteiger partial charge in [0, 0.05) is 32.2 Å². The largest absolute Gasteiger partial charge is 0.368 e. The van der Waals surface area contributed by atoms with Gasteiger partial charge in [0.15, 0.2) is 0 Å². The van der Waals surface area contributed by atoms with Gasteiger partial charge in [-0.05, 0) is 5.56 Å². The molecule has 1 aromatic heterocycles. The number of amides is 1. The Hall–Kier alpha value is -2.38. The monoisotopic (exact) mass is 346 g/mol. The summed E-state index contributed by atoms with van der Waals surface area (Å²) >= 11 is 5.94. The quantitative estimate of drug-likeness (QED) is 0.803. The van der Waals surface area contributed by atoms with Crippen molar-refractivity contribution in [2.24, 2.45) is 5.73 Å². The van der Waals surface area contributed by atoms with Crippen LogP contribution in [0.4, 0.5) is 11.8 Å². The molecule has 0 aliphatic carbocycles. The minimum absolute atomic E-state index is 0.152. The highest BCUT2D eigenvalue weighted by Gasteiger charge is 2.29. The topological polar surface area (TPSA) is 101 Å². The summed E-state index contributed by atoms with van der Waals surface area (Å²) in [5.74, 6) is 0.505. The first-order valence-corrected chi connectivity index (χ1v) is 8.05. The number of primary amides is 1. The lowest BCUT2D eigenvalue weighted by atomic mass is 10.0. The van der Waals surface area contributed by atoms with Crippen LogP contribution in [0.1, 0.15) is 11.6 Å². The molecule has 1 aliphatic rings. The molecule has 0 radical (unpaired) electrons. The predicted octanol–water partition coefficient (Wildman–Crippen LogP) is 1.06. The fraction of sp³-hybridized carbons (Fsp3) is 0.312. The number of anilines is 2. The Morgan fingerprint density at radius 1 is 1.12 bits per heavy atom. The Morgan fingerprint density at radius 2 is 1.79 bits per heavy atom. The van der Waals surface area contributed by atoms with Crippen molar-refractivity contribution in [3.8, 4) is 0 Å². The number of nitrogens with two attached hydrogens (primary N) is 2. The molecule has 2 heterocycles. The lowest BCUT2D eigenvalue weighted by Gasteiger charge is -2.38. The first-order valence-electron chi connectivity index (χ1n) is 7.68. The first-order chi connectivity index (χ1) is 11.5. The van der Waals surface area contributed by atoms with Gasteiger partial charge in [-0.3, -0.25) is 9.69 Å².